The smallest absolute Gasteiger partial charge is 0.407 e. The summed E-state index contributed by atoms with van der Waals surface area (Å²) >= 11 is 0. The van der Waals surface area contributed by atoms with Crippen LogP contribution in [0.5, 0.6) is 0 Å². The highest BCUT2D eigenvalue weighted by atomic mass is 16.6. The summed E-state index contributed by atoms with van der Waals surface area (Å²) in [4.78, 5) is 11.9. The molecule has 1 fully saturated rings. The van der Waals surface area contributed by atoms with Gasteiger partial charge in [0.15, 0.2) is 0 Å². The molecular formula is C17H34N2O3. The predicted octanol–water partition coefficient (Wildman–Crippen LogP) is 2.82. The number of ether oxygens (including phenoxy) is 1. The van der Waals surface area contributed by atoms with Gasteiger partial charge in [-0.25, -0.2) is 4.79 Å². The van der Waals surface area contributed by atoms with Gasteiger partial charge in [0.05, 0.1) is 5.60 Å². The van der Waals surface area contributed by atoms with Crippen LogP contribution >= 0.6 is 0 Å². The fraction of sp³-hybridized carbons (Fsp3) is 0.941. The highest BCUT2D eigenvalue weighted by Gasteiger charge is 2.31. The van der Waals surface area contributed by atoms with Crippen LogP contribution in [0.25, 0.3) is 0 Å². The Morgan fingerprint density at radius 2 is 1.77 bits per heavy atom. The number of carbonyl (C=O) groups is 1. The zero-order chi connectivity index (χ0) is 17.0. The van der Waals surface area contributed by atoms with Gasteiger partial charge in [-0.1, -0.05) is 12.8 Å². The molecule has 0 radical (unpaired) electrons. The second-order valence-corrected chi connectivity index (χ2v) is 8.08. The van der Waals surface area contributed by atoms with Crippen LogP contribution < -0.4 is 10.6 Å². The molecule has 2 unspecified atom stereocenters. The van der Waals surface area contributed by atoms with Crippen molar-refractivity contribution in [3.63, 3.8) is 0 Å². The molecule has 0 saturated heterocycles. The molecule has 1 amide bonds. The summed E-state index contributed by atoms with van der Waals surface area (Å²) in [5, 5.41) is 16.5. The molecule has 22 heavy (non-hydrogen) atoms. The van der Waals surface area contributed by atoms with Gasteiger partial charge in [-0.3, -0.25) is 0 Å². The third-order valence-corrected chi connectivity index (χ3v) is 4.36. The van der Waals surface area contributed by atoms with Gasteiger partial charge in [0.25, 0.3) is 0 Å². The molecule has 0 heterocycles. The average molecular weight is 314 g/mol. The van der Waals surface area contributed by atoms with Crippen LogP contribution in [-0.4, -0.2) is 41.0 Å². The maximum atomic E-state index is 11.9. The van der Waals surface area contributed by atoms with Gasteiger partial charge in [-0.15, -0.1) is 0 Å². The van der Waals surface area contributed by atoms with E-state index in [4.69, 9.17) is 4.74 Å². The van der Waals surface area contributed by atoms with Gasteiger partial charge >= 0.3 is 6.09 Å². The van der Waals surface area contributed by atoms with Gasteiger partial charge in [0.1, 0.15) is 5.60 Å². The monoisotopic (exact) mass is 314 g/mol. The lowest BCUT2D eigenvalue weighted by Gasteiger charge is -2.34. The number of hydrogen-bond donors (Lipinski definition) is 3. The molecule has 5 nitrogen and oxygen atoms in total. The Morgan fingerprint density at radius 1 is 1.23 bits per heavy atom. The molecule has 0 aromatic carbocycles. The van der Waals surface area contributed by atoms with Crippen molar-refractivity contribution < 1.29 is 14.6 Å². The average Bonchev–Trinajstić information content (AvgIpc) is 2.84. The fourth-order valence-electron chi connectivity index (χ4n) is 2.75. The van der Waals surface area contributed by atoms with Crippen molar-refractivity contribution in [2.75, 3.05) is 6.54 Å². The van der Waals surface area contributed by atoms with Crippen molar-refractivity contribution >= 4 is 6.09 Å². The second kappa shape index (κ2) is 7.64. The summed E-state index contributed by atoms with van der Waals surface area (Å²) in [6, 6.07) is 0.120. The molecule has 1 saturated carbocycles. The van der Waals surface area contributed by atoms with Crippen LogP contribution in [0.4, 0.5) is 4.79 Å². The van der Waals surface area contributed by atoms with E-state index in [-0.39, 0.29) is 18.2 Å². The van der Waals surface area contributed by atoms with Crippen molar-refractivity contribution in [2.45, 2.75) is 90.5 Å². The Morgan fingerprint density at radius 3 is 2.23 bits per heavy atom. The normalized spacial score (nSPS) is 19.8. The van der Waals surface area contributed by atoms with Crippen LogP contribution in [0.3, 0.4) is 0 Å². The van der Waals surface area contributed by atoms with E-state index in [1.165, 1.54) is 25.7 Å². The van der Waals surface area contributed by atoms with Crippen LogP contribution in [-0.2, 0) is 4.74 Å². The molecule has 3 N–H and O–H groups in total. The van der Waals surface area contributed by atoms with E-state index in [9.17, 15) is 9.90 Å². The van der Waals surface area contributed by atoms with Crippen LogP contribution in [0.2, 0.25) is 0 Å². The molecule has 0 aromatic rings. The number of aliphatic hydroxyl groups is 1. The standard InChI is InChI=1S/C17H34N2O3/c1-12(17(5,6)21)19-14(13-9-7-8-10-13)11-18-15(20)22-16(2,3)4/h12-14,19,21H,7-11H2,1-6H3,(H,18,20). The summed E-state index contributed by atoms with van der Waals surface area (Å²) in [5.41, 5.74) is -1.27. The molecule has 1 aliphatic carbocycles. The fourth-order valence-corrected chi connectivity index (χ4v) is 2.75. The van der Waals surface area contributed by atoms with E-state index in [0.29, 0.717) is 12.5 Å². The molecule has 0 bridgehead atoms. The minimum absolute atomic E-state index is 0.0430. The Hall–Kier alpha value is -0.810. The number of nitrogens with one attached hydrogen (secondary N) is 2. The lowest BCUT2D eigenvalue weighted by Crippen LogP contribution is -2.54. The molecular weight excluding hydrogens is 280 g/mol. The topological polar surface area (TPSA) is 70.6 Å². The Bertz CT molecular complexity index is 352. The van der Waals surface area contributed by atoms with Crippen molar-refractivity contribution in [1.29, 1.82) is 0 Å². The van der Waals surface area contributed by atoms with Crippen molar-refractivity contribution in [2.24, 2.45) is 5.92 Å². The van der Waals surface area contributed by atoms with Crippen molar-refractivity contribution in [3.8, 4) is 0 Å². The number of amides is 1. The van der Waals surface area contributed by atoms with Crippen LogP contribution in [0, 0.1) is 5.92 Å². The van der Waals surface area contributed by atoms with Gasteiger partial charge in [0.2, 0.25) is 0 Å². The lowest BCUT2D eigenvalue weighted by atomic mass is 9.94. The van der Waals surface area contributed by atoms with E-state index in [1.54, 1.807) is 13.8 Å². The van der Waals surface area contributed by atoms with E-state index in [2.05, 4.69) is 10.6 Å². The van der Waals surface area contributed by atoms with Gasteiger partial charge < -0.3 is 20.5 Å². The third kappa shape index (κ3) is 6.97. The number of hydrogen-bond acceptors (Lipinski definition) is 4. The molecule has 1 rings (SSSR count). The quantitative estimate of drug-likeness (QED) is 0.705. The summed E-state index contributed by atoms with van der Waals surface area (Å²) in [7, 11) is 0. The van der Waals surface area contributed by atoms with Gasteiger partial charge in [-0.2, -0.15) is 0 Å². The second-order valence-electron chi connectivity index (χ2n) is 8.08. The first-order chi connectivity index (χ1) is 9.99. The Balaban J connectivity index is 2.57. The molecule has 5 heteroatoms. The van der Waals surface area contributed by atoms with E-state index >= 15 is 0 Å². The van der Waals surface area contributed by atoms with E-state index in [1.807, 2.05) is 27.7 Å². The molecule has 0 aromatic heterocycles. The molecule has 0 spiro atoms. The molecule has 0 aliphatic heterocycles. The zero-order valence-corrected chi connectivity index (χ0v) is 15.0. The minimum atomic E-state index is -0.789. The number of carbonyl (C=O) groups excluding carboxylic acids is 1. The summed E-state index contributed by atoms with van der Waals surface area (Å²) in [6.45, 7) is 11.7. The maximum Gasteiger partial charge on any atom is 0.407 e. The SMILES string of the molecule is CC(NC(CNC(=O)OC(C)(C)C)C1CCCC1)C(C)(C)O. The first-order valence-corrected chi connectivity index (χ1v) is 8.44. The first-order valence-electron chi connectivity index (χ1n) is 8.44. The van der Waals surface area contributed by atoms with E-state index < -0.39 is 11.2 Å². The van der Waals surface area contributed by atoms with Crippen LogP contribution in [0.15, 0.2) is 0 Å². The minimum Gasteiger partial charge on any atom is -0.444 e. The summed E-state index contributed by atoms with van der Waals surface area (Å²) < 4.78 is 5.30. The van der Waals surface area contributed by atoms with Gasteiger partial charge in [-0.05, 0) is 60.3 Å². The van der Waals surface area contributed by atoms with E-state index in [0.717, 1.165) is 0 Å². The lowest BCUT2D eigenvalue weighted by molar-refractivity contribution is 0.0349. The highest BCUT2D eigenvalue weighted by molar-refractivity contribution is 5.67. The number of rotatable bonds is 6. The zero-order valence-electron chi connectivity index (χ0n) is 15.0. The Kier molecular flexibility index (Phi) is 6.68. The summed E-state index contributed by atoms with van der Waals surface area (Å²) in [6.07, 6.45) is 4.45. The molecule has 130 valence electrons. The summed E-state index contributed by atoms with van der Waals surface area (Å²) in [5.74, 6) is 0.541. The largest absolute Gasteiger partial charge is 0.444 e. The number of alkyl carbamates (subject to hydrolysis) is 1. The van der Waals surface area contributed by atoms with Crippen molar-refractivity contribution in [1.82, 2.24) is 10.6 Å². The molecule has 2 atom stereocenters. The van der Waals surface area contributed by atoms with Crippen LogP contribution in [0.1, 0.15) is 67.2 Å². The van der Waals surface area contributed by atoms with Crippen molar-refractivity contribution in [3.05, 3.63) is 0 Å². The highest BCUT2D eigenvalue weighted by Crippen LogP contribution is 2.28. The molecule has 1 aliphatic rings. The van der Waals surface area contributed by atoms with Gasteiger partial charge in [0, 0.05) is 18.6 Å². The third-order valence-electron chi connectivity index (χ3n) is 4.36. The predicted molar refractivity (Wildman–Crippen MR) is 88.9 cm³/mol. The Labute approximate surface area is 135 Å². The first kappa shape index (κ1) is 19.2. The maximum absolute atomic E-state index is 11.9.